The van der Waals surface area contributed by atoms with Crippen molar-refractivity contribution in [2.24, 2.45) is 0 Å². The molecule has 1 aromatic rings. The maximum absolute atomic E-state index is 12.4. The van der Waals surface area contributed by atoms with Gasteiger partial charge in [-0.25, -0.2) is 8.42 Å². The molecule has 1 aliphatic heterocycles. The van der Waals surface area contributed by atoms with Gasteiger partial charge in [-0.2, -0.15) is 4.31 Å². The normalized spacial score (nSPS) is 19.2. The third kappa shape index (κ3) is 3.99. The molecule has 1 heterocycles. The first-order valence-electron chi connectivity index (χ1n) is 6.70. The zero-order valence-corrected chi connectivity index (χ0v) is 14.1. The van der Waals surface area contributed by atoms with E-state index < -0.39 is 10.0 Å². The van der Waals surface area contributed by atoms with E-state index in [4.69, 9.17) is 0 Å². The highest BCUT2D eigenvalue weighted by atomic mass is 32.2. The van der Waals surface area contributed by atoms with Crippen molar-refractivity contribution in [1.82, 2.24) is 9.21 Å². The summed E-state index contributed by atoms with van der Waals surface area (Å²) in [5.74, 6) is 0.651. The molecule has 7 heteroatoms. The van der Waals surface area contributed by atoms with Gasteiger partial charge in [0.15, 0.2) is 0 Å². The molecule has 1 atom stereocenters. The lowest BCUT2D eigenvalue weighted by Gasteiger charge is -2.28. The van der Waals surface area contributed by atoms with Crippen LogP contribution in [-0.2, 0) is 21.4 Å². The molecule has 116 valence electrons. The van der Waals surface area contributed by atoms with E-state index in [1.165, 1.54) is 11.9 Å². The molecule has 2 rings (SSSR count). The van der Waals surface area contributed by atoms with E-state index in [1.807, 2.05) is 25.1 Å². The Hall–Kier alpha value is -1.05. The maximum Gasteiger partial charge on any atom is 0.238 e. The number of hydrogen-bond donors (Lipinski definition) is 0. The largest absolute Gasteiger partial charge is 0.334 e. The molecular formula is C14H20N2O3S2. The monoisotopic (exact) mass is 328 g/mol. The molecule has 5 nitrogen and oxygen atoms in total. The summed E-state index contributed by atoms with van der Waals surface area (Å²) in [6.07, 6.45) is 1.11. The molecule has 1 aliphatic rings. The van der Waals surface area contributed by atoms with E-state index in [0.29, 0.717) is 6.54 Å². The second kappa shape index (κ2) is 6.37. The zero-order valence-electron chi connectivity index (χ0n) is 12.4. The predicted octanol–water partition coefficient (Wildman–Crippen LogP) is 1.40. The molecule has 0 bridgehead atoms. The van der Waals surface area contributed by atoms with E-state index >= 15 is 0 Å². The lowest BCUT2D eigenvalue weighted by molar-refractivity contribution is -0.133. The van der Waals surface area contributed by atoms with Crippen LogP contribution in [0.15, 0.2) is 29.2 Å². The smallest absolute Gasteiger partial charge is 0.238 e. The highest BCUT2D eigenvalue weighted by Gasteiger charge is 2.27. The number of carbonyl (C=O) groups excluding carboxylic acids is 1. The second-order valence-electron chi connectivity index (χ2n) is 5.31. The van der Waals surface area contributed by atoms with Gasteiger partial charge in [0.25, 0.3) is 0 Å². The van der Waals surface area contributed by atoms with Gasteiger partial charge >= 0.3 is 0 Å². The molecule has 0 aromatic heterocycles. The molecule has 0 saturated heterocycles. The number of likely N-dealkylation sites (N-methyl/N-ethyl adjacent to an activating group) is 1. The average molecular weight is 328 g/mol. The summed E-state index contributed by atoms with van der Waals surface area (Å²) in [6.45, 7) is 2.41. The minimum absolute atomic E-state index is 0.0721. The van der Waals surface area contributed by atoms with Crippen LogP contribution in [0.2, 0.25) is 0 Å². The van der Waals surface area contributed by atoms with Gasteiger partial charge in [0.05, 0.1) is 12.8 Å². The summed E-state index contributed by atoms with van der Waals surface area (Å²) in [5.41, 5.74) is 1.11. The minimum atomic E-state index is -3.34. The number of benzene rings is 1. The Morgan fingerprint density at radius 2 is 2.10 bits per heavy atom. The quantitative estimate of drug-likeness (QED) is 0.842. The summed E-state index contributed by atoms with van der Waals surface area (Å²) in [7, 11) is -1.91. The molecular weight excluding hydrogens is 308 g/mol. The number of thioether (sulfide) groups is 1. The summed E-state index contributed by atoms with van der Waals surface area (Å²) in [5, 5.41) is 0. The van der Waals surface area contributed by atoms with Gasteiger partial charge < -0.3 is 4.90 Å². The van der Waals surface area contributed by atoms with Crippen LogP contribution >= 0.6 is 11.8 Å². The van der Waals surface area contributed by atoms with Gasteiger partial charge in [-0.1, -0.05) is 18.2 Å². The standard InChI is InChI=1S/C14H20N2O3S2/c1-11-10-20-13-7-5-4-6-12(13)8-16(11)14(17)9-15(2)21(3,18)19/h4-7,11H,8-10H2,1-3H3. The van der Waals surface area contributed by atoms with E-state index in [2.05, 4.69) is 6.07 Å². The average Bonchev–Trinajstić information content (AvgIpc) is 2.57. The second-order valence-corrected chi connectivity index (χ2v) is 8.46. The molecule has 0 radical (unpaired) electrons. The van der Waals surface area contributed by atoms with E-state index in [9.17, 15) is 13.2 Å². The van der Waals surface area contributed by atoms with Crippen LogP contribution in [0.25, 0.3) is 0 Å². The van der Waals surface area contributed by atoms with Crippen molar-refractivity contribution in [2.45, 2.75) is 24.4 Å². The highest BCUT2D eigenvalue weighted by Crippen LogP contribution is 2.29. The Morgan fingerprint density at radius 1 is 1.43 bits per heavy atom. The molecule has 0 aliphatic carbocycles. The summed E-state index contributed by atoms with van der Waals surface area (Å²) < 4.78 is 24.0. The van der Waals surface area contributed by atoms with Crippen LogP contribution in [0, 0.1) is 0 Å². The molecule has 1 aromatic carbocycles. The van der Waals surface area contributed by atoms with Crippen LogP contribution in [-0.4, -0.2) is 55.2 Å². The van der Waals surface area contributed by atoms with E-state index in [0.717, 1.165) is 21.9 Å². The molecule has 0 saturated carbocycles. The van der Waals surface area contributed by atoms with Crippen LogP contribution in [0.3, 0.4) is 0 Å². The van der Waals surface area contributed by atoms with E-state index in [-0.39, 0.29) is 18.5 Å². The Labute approximate surface area is 130 Å². The number of carbonyl (C=O) groups is 1. The van der Waals surface area contributed by atoms with Gasteiger partial charge in [0.2, 0.25) is 15.9 Å². The van der Waals surface area contributed by atoms with Crippen molar-refractivity contribution >= 4 is 27.7 Å². The Morgan fingerprint density at radius 3 is 2.76 bits per heavy atom. The Balaban J connectivity index is 2.17. The molecule has 1 unspecified atom stereocenters. The van der Waals surface area contributed by atoms with Crippen molar-refractivity contribution in [3.63, 3.8) is 0 Å². The SMILES string of the molecule is CC1CSc2ccccc2CN1C(=O)CN(C)S(C)(=O)=O. The molecule has 1 amide bonds. The lowest BCUT2D eigenvalue weighted by Crippen LogP contribution is -2.44. The highest BCUT2D eigenvalue weighted by molar-refractivity contribution is 7.99. The summed E-state index contributed by atoms with van der Waals surface area (Å²) in [4.78, 5) is 15.4. The topological polar surface area (TPSA) is 57.7 Å². The van der Waals surface area contributed by atoms with E-state index in [1.54, 1.807) is 16.7 Å². The third-order valence-corrected chi connectivity index (χ3v) is 6.19. The fraction of sp³-hybridized carbons (Fsp3) is 0.500. The first kappa shape index (κ1) is 16.3. The zero-order chi connectivity index (χ0) is 15.6. The summed E-state index contributed by atoms with van der Waals surface area (Å²) in [6, 6.07) is 8.10. The number of rotatable bonds is 3. The minimum Gasteiger partial charge on any atom is -0.334 e. The van der Waals surface area contributed by atoms with Crippen molar-refractivity contribution in [2.75, 3.05) is 25.6 Å². The third-order valence-electron chi connectivity index (χ3n) is 3.57. The van der Waals surface area contributed by atoms with Gasteiger partial charge in [-0.15, -0.1) is 11.8 Å². The number of nitrogens with zero attached hydrogens (tertiary/aromatic N) is 2. The van der Waals surface area contributed by atoms with Gasteiger partial charge in [0, 0.05) is 30.3 Å². The Kier molecular flexibility index (Phi) is 4.95. The lowest BCUT2D eigenvalue weighted by atomic mass is 10.2. The van der Waals surface area contributed by atoms with Gasteiger partial charge in [0.1, 0.15) is 0 Å². The number of sulfonamides is 1. The Bertz CT molecular complexity index is 631. The molecule has 0 N–H and O–H groups in total. The van der Waals surface area contributed by atoms with Crippen LogP contribution in [0.1, 0.15) is 12.5 Å². The molecule has 21 heavy (non-hydrogen) atoms. The first-order valence-corrected chi connectivity index (χ1v) is 9.54. The van der Waals surface area contributed by atoms with Crippen molar-refractivity contribution in [3.8, 4) is 0 Å². The number of hydrogen-bond acceptors (Lipinski definition) is 4. The van der Waals surface area contributed by atoms with Gasteiger partial charge in [-0.05, 0) is 18.6 Å². The first-order chi connectivity index (χ1) is 9.79. The number of amides is 1. The van der Waals surface area contributed by atoms with Gasteiger partial charge in [-0.3, -0.25) is 4.79 Å². The molecule has 0 spiro atoms. The molecule has 0 fully saturated rings. The number of fused-ring (bicyclic) bond motifs is 1. The fourth-order valence-electron chi connectivity index (χ4n) is 2.15. The van der Waals surface area contributed by atoms with Crippen molar-refractivity contribution in [3.05, 3.63) is 29.8 Å². The predicted molar refractivity (Wildman–Crippen MR) is 84.7 cm³/mol. The maximum atomic E-state index is 12.4. The van der Waals surface area contributed by atoms with Crippen LogP contribution < -0.4 is 0 Å². The fourth-order valence-corrected chi connectivity index (χ4v) is 3.59. The summed E-state index contributed by atoms with van der Waals surface area (Å²) >= 11 is 1.74. The van der Waals surface area contributed by atoms with Crippen LogP contribution in [0.5, 0.6) is 0 Å². The van der Waals surface area contributed by atoms with Crippen LogP contribution in [0.4, 0.5) is 0 Å². The van der Waals surface area contributed by atoms with Crippen molar-refractivity contribution < 1.29 is 13.2 Å². The van der Waals surface area contributed by atoms with Crippen molar-refractivity contribution in [1.29, 1.82) is 0 Å².